The highest BCUT2D eigenvalue weighted by molar-refractivity contribution is 6.33. The number of rotatable bonds is 2. The third kappa shape index (κ3) is 5.42. The van der Waals surface area contributed by atoms with E-state index in [1.165, 1.54) is 32.2 Å². The Morgan fingerprint density at radius 2 is 2.00 bits per heavy atom. The quantitative estimate of drug-likeness (QED) is 0.578. The molecule has 2 aromatic rings. The zero-order valence-electron chi connectivity index (χ0n) is 19.0. The Balaban J connectivity index is 0.000000795. The molecular weight excluding hydrogens is 487 g/mol. The van der Waals surface area contributed by atoms with Gasteiger partial charge in [0.1, 0.15) is 30.0 Å². The van der Waals surface area contributed by atoms with Crippen molar-refractivity contribution in [3.63, 3.8) is 0 Å². The fraction of sp³-hybridized carbons (Fsp3) is 0.292. The zero-order valence-corrected chi connectivity index (χ0v) is 19.7. The van der Waals surface area contributed by atoms with Crippen molar-refractivity contribution in [2.75, 3.05) is 25.2 Å². The number of alkyl halides is 3. The molecule has 0 saturated heterocycles. The standard InChI is InChI=1S/C22H17ClF3N3O2.C2H4O2/c1-12-10-28-18-11-31-20(14-4-3-5-17(30-2)19(14)23)15-8-13(9-27)6-7-16(15)29(18)21(12)22(24,25)26;1-2(3)4/h3-8,20H,10-11H2,1-2H3;1H3,(H,3,4)/t20-;/m1./s1. The Morgan fingerprint density at radius 3 is 2.60 bits per heavy atom. The molecule has 2 aliphatic heterocycles. The smallest absolute Gasteiger partial charge is 0.431 e. The minimum atomic E-state index is -4.59. The van der Waals surface area contributed by atoms with E-state index in [0.717, 1.165) is 11.8 Å². The minimum absolute atomic E-state index is 0.0692. The van der Waals surface area contributed by atoms with Crippen LogP contribution in [-0.4, -0.2) is 43.3 Å². The second kappa shape index (κ2) is 10.4. The van der Waals surface area contributed by atoms with Gasteiger partial charge in [-0.05, 0) is 36.8 Å². The number of nitriles is 1. The van der Waals surface area contributed by atoms with Crippen molar-refractivity contribution in [2.24, 2.45) is 4.99 Å². The summed E-state index contributed by atoms with van der Waals surface area (Å²) in [5.41, 5.74) is 0.750. The van der Waals surface area contributed by atoms with E-state index in [9.17, 15) is 18.4 Å². The van der Waals surface area contributed by atoms with Gasteiger partial charge in [0.15, 0.2) is 0 Å². The number of anilines is 1. The number of hydrogen-bond donors (Lipinski definition) is 1. The summed E-state index contributed by atoms with van der Waals surface area (Å²) >= 11 is 6.51. The number of halogens is 4. The summed E-state index contributed by atoms with van der Waals surface area (Å²) in [6, 6.07) is 11.6. The van der Waals surface area contributed by atoms with E-state index < -0.39 is 23.9 Å². The minimum Gasteiger partial charge on any atom is -0.495 e. The lowest BCUT2D eigenvalue weighted by Gasteiger charge is -2.33. The Kier molecular flexibility index (Phi) is 7.73. The van der Waals surface area contributed by atoms with Crippen molar-refractivity contribution in [1.29, 1.82) is 5.26 Å². The van der Waals surface area contributed by atoms with Crippen LogP contribution in [0.4, 0.5) is 18.9 Å². The second-order valence-electron chi connectivity index (χ2n) is 7.65. The molecular formula is C24H21ClF3N3O4. The van der Waals surface area contributed by atoms with E-state index in [0.29, 0.717) is 16.9 Å². The van der Waals surface area contributed by atoms with Gasteiger partial charge < -0.3 is 14.6 Å². The molecule has 2 heterocycles. The van der Waals surface area contributed by atoms with E-state index in [1.54, 1.807) is 18.2 Å². The molecule has 0 aliphatic carbocycles. The molecule has 2 aromatic carbocycles. The first-order valence-electron chi connectivity index (χ1n) is 10.3. The Morgan fingerprint density at radius 1 is 1.31 bits per heavy atom. The number of benzene rings is 2. The maximum absolute atomic E-state index is 14.0. The summed E-state index contributed by atoms with van der Waals surface area (Å²) in [7, 11) is 1.47. The molecule has 4 rings (SSSR count). The first-order chi connectivity index (χ1) is 16.5. The largest absolute Gasteiger partial charge is 0.495 e. The molecule has 11 heteroatoms. The third-order valence-electron chi connectivity index (χ3n) is 5.21. The molecule has 0 amide bonds. The van der Waals surface area contributed by atoms with Crippen molar-refractivity contribution < 1.29 is 32.5 Å². The van der Waals surface area contributed by atoms with Crippen molar-refractivity contribution in [3.8, 4) is 11.8 Å². The van der Waals surface area contributed by atoms with Gasteiger partial charge in [-0.3, -0.25) is 14.7 Å². The van der Waals surface area contributed by atoms with Crippen LogP contribution in [0.5, 0.6) is 5.75 Å². The van der Waals surface area contributed by atoms with Crippen LogP contribution < -0.4 is 9.64 Å². The maximum atomic E-state index is 14.0. The van der Waals surface area contributed by atoms with Crippen LogP contribution in [0, 0.1) is 11.3 Å². The molecule has 0 saturated carbocycles. The highest BCUT2D eigenvalue weighted by atomic mass is 35.5. The third-order valence-corrected chi connectivity index (χ3v) is 5.61. The molecule has 0 unspecified atom stereocenters. The summed E-state index contributed by atoms with van der Waals surface area (Å²) in [4.78, 5) is 14.4. The highest BCUT2D eigenvalue weighted by Crippen LogP contribution is 2.45. The van der Waals surface area contributed by atoms with Crippen molar-refractivity contribution >= 4 is 29.1 Å². The maximum Gasteiger partial charge on any atom is 0.431 e. The monoisotopic (exact) mass is 507 g/mol. The van der Waals surface area contributed by atoms with Gasteiger partial charge in [-0.15, -0.1) is 0 Å². The van der Waals surface area contributed by atoms with E-state index in [4.69, 9.17) is 31.0 Å². The number of methoxy groups -OCH3 is 1. The lowest BCUT2D eigenvalue weighted by atomic mass is 9.96. The number of aliphatic imine (C=N–C) groups is 1. The van der Waals surface area contributed by atoms with Crippen molar-refractivity contribution in [3.05, 3.63) is 69.4 Å². The summed E-state index contributed by atoms with van der Waals surface area (Å²) < 4.78 is 53.4. The lowest BCUT2D eigenvalue weighted by molar-refractivity contribution is -0.134. The molecule has 0 fully saturated rings. The summed E-state index contributed by atoms with van der Waals surface area (Å²) in [6.07, 6.45) is -5.42. The molecule has 0 aromatic heterocycles. The molecule has 0 radical (unpaired) electrons. The van der Waals surface area contributed by atoms with Gasteiger partial charge in [0.05, 0.1) is 36.0 Å². The van der Waals surface area contributed by atoms with Gasteiger partial charge >= 0.3 is 6.18 Å². The number of allylic oxidation sites excluding steroid dienone is 1. The Hall–Kier alpha value is -3.55. The number of carboxylic acid groups (broad SMARTS) is 1. The van der Waals surface area contributed by atoms with Gasteiger partial charge in [-0.2, -0.15) is 18.4 Å². The van der Waals surface area contributed by atoms with Gasteiger partial charge in [0.2, 0.25) is 0 Å². The number of carboxylic acids is 1. The first kappa shape index (κ1) is 26.1. The average Bonchev–Trinajstić information content (AvgIpc) is 2.94. The normalized spacial score (nSPS) is 17.1. The van der Waals surface area contributed by atoms with Gasteiger partial charge in [-0.25, -0.2) is 0 Å². The number of aliphatic carboxylic acids is 1. The van der Waals surface area contributed by atoms with Crippen LogP contribution in [-0.2, 0) is 9.53 Å². The molecule has 184 valence electrons. The predicted molar refractivity (Wildman–Crippen MR) is 124 cm³/mol. The first-order valence-corrected chi connectivity index (χ1v) is 10.6. The average molecular weight is 508 g/mol. The topological polar surface area (TPSA) is 95.2 Å². The van der Waals surface area contributed by atoms with Crippen LogP contribution in [0.3, 0.4) is 0 Å². The number of hydrogen-bond acceptors (Lipinski definition) is 6. The molecule has 0 bridgehead atoms. The number of amidine groups is 1. The van der Waals surface area contributed by atoms with Gasteiger partial charge in [-0.1, -0.05) is 23.7 Å². The molecule has 1 atom stereocenters. The Labute approximate surface area is 204 Å². The predicted octanol–water partition coefficient (Wildman–Crippen LogP) is 5.49. The van der Waals surface area contributed by atoms with Gasteiger partial charge in [0, 0.05) is 18.1 Å². The molecule has 2 aliphatic rings. The van der Waals surface area contributed by atoms with Crippen molar-refractivity contribution in [2.45, 2.75) is 26.1 Å². The SMILES string of the molecule is CC(=O)O.COc1cccc([C@H]2OCC3=NCC(C)=C(C(F)(F)F)N3c3ccc(C#N)cc32)c1Cl. The Bertz CT molecular complexity index is 1250. The van der Waals surface area contributed by atoms with E-state index in [1.807, 2.05) is 6.07 Å². The van der Waals surface area contributed by atoms with E-state index in [-0.39, 0.29) is 40.8 Å². The molecule has 7 nitrogen and oxygen atoms in total. The fourth-order valence-corrected chi connectivity index (χ4v) is 4.15. The van der Waals surface area contributed by atoms with Crippen LogP contribution in [0.25, 0.3) is 0 Å². The summed E-state index contributed by atoms with van der Waals surface area (Å²) in [5, 5.41) is 17.1. The number of carbonyl (C=O) groups is 1. The lowest BCUT2D eigenvalue weighted by Crippen LogP contribution is -2.42. The van der Waals surface area contributed by atoms with Crippen LogP contribution in [0.2, 0.25) is 5.02 Å². The van der Waals surface area contributed by atoms with E-state index >= 15 is 0 Å². The highest BCUT2D eigenvalue weighted by Gasteiger charge is 2.45. The van der Waals surface area contributed by atoms with Crippen molar-refractivity contribution in [1.82, 2.24) is 0 Å². The van der Waals surface area contributed by atoms with Crippen LogP contribution in [0.1, 0.15) is 36.6 Å². The molecule has 1 N–H and O–H groups in total. The number of fused-ring (bicyclic) bond motifs is 3. The van der Waals surface area contributed by atoms with Crippen LogP contribution in [0.15, 0.2) is 52.7 Å². The molecule has 0 spiro atoms. The summed E-state index contributed by atoms with van der Waals surface area (Å²) in [5.74, 6) is -0.280. The second-order valence-corrected chi connectivity index (χ2v) is 8.03. The number of ether oxygens (including phenoxy) is 2. The van der Waals surface area contributed by atoms with Crippen LogP contribution >= 0.6 is 11.6 Å². The fourth-order valence-electron chi connectivity index (χ4n) is 3.84. The van der Waals surface area contributed by atoms with Gasteiger partial charge in [0.25, 0.3) is 5.97 Å². The van der Waals surface area contributed by atoms with E-state index in [2.05, 4.69) is 4.99 Å². The zero-order chi connectivity index (χ0) is 25.9. The summed E-state index contributed by atoms with van der Waals surface area (Å²) in [6.45, 7) is 2.26. The molecule has 35 heavy (non-hydrogen) atoms. The number of nitrogens with zero attached hydrogens (tertiary/aromatic N) is 3.